The van der Waals surface area contributed by atoms with Crippen molar-refractivity contribution < 1.29 is 36.0 Å². The number of rotatable bonds is 5. The van der Waals surface area contributed by atoms with Crippen LogP contribution in [0, 0.1) is 0 Å². The molecule has 28 heavy (non-hydrogen) atoms. The van der Waals surface area contributed by atoms with Crippen LogP contribution in [0.4, 0.5) is 5.69 Å². The molecule has 2 aromatic carbocycles. The number of ether oxygens (including phenoxy) is 2. The van der Waals surface area contributed by atoms with Crippen molar-refractivity contribution in [2.45, 2.75) is 6.54 Å². The minimum atomic E-state index is -0.180. The van der Waals surface area contributed by atoms with Gasteiger partial charge in [0.25, 0.3) is 5.91 Å². The molecule has 142 valence electrons. The average Bonchev–Trinajstić information content (AvgIpc) is 3.16. The number of nitrogens with one attached hydrogen (secondary N) is 1. The maximum absolute atomic E-state index is 12.4. The molecule has 1 N–H and O–H groups in total. The molecule has 6 nitrogen and oxygen atoms in total. The fraction of sp³-hybridized carbons (Fsp3) is 0.0952. The van der Waals surface area contributed by atoms with Gasteiger partial charge in [-0.05, 0) is 12.1 Å². The van der Waals surface area contributed by atoms with E-state index in [9.17, 15) is 9.59 Å². The molecular formula is C21H17ClN2O4. The first-order valence-electron chi connectivity index (χ1n) is 8.47. The lowest BCUT2D eigenvalue weighted by atomic mass is 10.0. The first kappa shape index (κ1) is 19.4. The zero-order valence-electron chi connectivity index (χ0n) is 14.8. The van der Waals surface area contributed by atoms with Crippen molar-refractivity contribution in [3.8, 4) is 11.5 Å². The van der Waals surface area contributed by atoms with Crippen LogP contribution in [0.2, 0.25) is 0 Å². The van der Waals surface area contributed by atoms with Gasteiger partial charge in [0.2, 0.25) is 13.3 Å². The molecule has 0 fully saturated rings. The number of hydrogen-bond acceptors (Lipinski definition) is 4. The number of fused-ring (bicyclic) bond motifs is 1. The summed E-state index contributed by atoms with van der Waals surface area (Å²) in [5, 5.41) is 2.82. The number of ketones is 1. The van der Waals surface area contributed by atoms with E-state index in [0.717, 1.165) is 0 Å². The van der Waals surface area contributed by atoms with Crippen LogP contribution in [0.5, 0.6) is 11.5 Å². The SMILES string of the molecule is O=C(C[n+]1ccc(C(=O)c2ccccc2)cc1)Nc1ccc2c(c1)OCO2.[Cl-]. The minimum absolute atomic E-state index is 0. The maximum atomic E-state index is 12.4. The van der Waals surface area contributed by atoms with E-state index in [1.54, 1.807) is 59.4 Å². The number of amides is 1. The van der Waals surface area contributed by atoms with E-state index in [0.29, 0.717) is 28.3 Å². The number of carbonyl (C=O) groups is 2. The Morgan fingerprint density at radius 3 is 2.32 bits per heavy atom. The van der Waals surface area contributed by atoms with Gasteiger partial charge < -0.3 is 27.2 Å². The highest BCUT2D eigenvalue weighted by Crippen LogP contribution is 2.34. The van der Waals surface area contributed by atoms with Gasteiger partial charge in [-0.1, -0.05) is 30.3 Å². The monoisotopic (exact) mass is 396 g/mol. The van der Waals surface area contributed by atoms with E-state index in [2.05, 4.69) is 5.32 Å². The van der Waals surface area contributed by atoms with Crippen molar-refractivity contribution in [1.29, 1.82) is 0 Å². The summed E-state index contributed by atoms with van der Waals surface area (Å²) in [5.41, 5.74) is 1.85. The van der Waals surface area contributed by atoms with E-state index in [4.69, 9.17) is 9.47 Å². The van der Waals surface area contributed by atoms with Crippen molar-refractivity contribution >= 4 is 17.4 Å². The number of aromatic nitrogens is 1. The Morgan fingerprint density at radius 1 is 0.893 bits per heavy atom. The molecule has 4 rings (SSSR count). The highest BCUT2D eigenvalue weighted by atomic mass is 35.5. The molecule has 0 spiro atoms. The summed E-state index contributed by atoms with van der Waals surface area (Å²) in [7, 11) is 0. The molecule has 0 atom stereocenters. The summed E-state index contributed by atoms with van der Waals surface area (Å²) in [6.07, 6.45) is 3.44. The van der Waals surface area contributed by atoms with Gasteiger partial charge in [0.15, 0.2) is 29.7 Å². The van der Waals surface area contributed by atoms with Gasteiger partial charge in [0, 0.05) is 35.0 Å². The van der Waals surface area contributed by atoms with Gasteiger partial charge >= 0.3 is 0 Å². The molecule has 2 heterocycles. The van der Waals surface area contributed by atoms with Crippen molar-refractivity contribution in [1.82, 2.24) is 0 Å². The standard InChI is InChI=1S/C21H16N2O4.ClH/c24-20(22-17-6-7-18-19(12-17)27-14-26-18)13-23-10-8-16(9-11-23)21(25)15-4-2-1-3-5-15;/h1-12H,13-14H2;1H. The Kier molecular flexibility index (Phi) is 5.91. The maximum Gasteiger partial charge on any atom is 0.290 e. The van der Waals surface area contributed by atoms with Gasteiger partial charge in [0.05, 0.1) is 0 Å². The summed E-state index contributed by atoms with van der Waals surface area (Å²) < 4.78 is 12.3. The zero-order chi connectivity index (χ0) is 18.6. The normalized spacial score (nSPS) is 11.4. The number of nitrogens with zero attached hydrogens (tertiary/aromatic N) is 1. The Bertz CT molecular complexity index is 991. The molecule has 0 radical (unpaired) electrons. The largest absolute Gasteiger partial charge is 1.00 e. The van der Waals surface area contributed by atoms with Crippen molar-refractivity contribution in [2.75, 3.05) is 12.1 Å². The lowest BCUT2D eigenvalue weighted by Gasteiger charge is -2.05. The molecule has 0 aliphatic carbocycles. The molecule has 1 aliphatic rings. The summed E-state index contributed by atoms with van der Waals surface area (Å²) >= 11 is 0. The van der Waals surface area contributed by atoms with Crippen LogP contribution in [0.3, 0.4) is 0 Å². The number of pyridine rings is 1. The molecule has 1 amide bonds. The molecule has 1 aromatic heterocycles. The van der Waals surface area contributed by atoms with E-state index in [1.807, 2.05) is 18.2 Å². The van der Waals surface area contributed by atoms with Crippen LogP contribution < -0.4 is 31.8 Å². The van der Waals surface area contributed by atoms with E-state index >= 15 is 0 Å². The van der Waals surface area contributed by atoms with E-state index in [1.165, 1.54) is 0 Å². The molecule has 3 aromatic rings. The predicted molar refractivity (Wildman–Crippen MR) is 97.7 cm³/mol. The van der Waals surface area contributed by atoms with Crippen LogP contribution in [-0.2, 0) is 11.3 Å². The second kappa shape index (κ2) is 8.54. The Balaban J connectivity index is 0.00000225. The molecular weight excluding hydrogens is 380 g/mol. The van der Waals surface area contributed by atoms with Crippen molar-refractivity contribution in [3.05, 3.63) is 84.2 Å². The van der Waals surface area contributed by atoms with Gasteiger partial charge in [-0.15, -0.1) is 0 Å². The highest BCUT2D eigenvalue weighted by molar-refractivity contribution is 6.08. The second-order valence-electron chi connectivity index (χ2n) is 6.07. The summed E-state index contributed by atoms with van der Waals surface area (Å²) in [6, 6.07) is 17.8. The predicted octanol–water partition coefficient (Wildman–Crippen LogP) is -0.423. The van der Waals surface area contributed by atoms with E-state index in [-0.39, 0.29) is 37.4 Å². The lowest BCUT2D eigenvalue weighted by Crippen LogP contribution is -3.00. The van der Waals surface area contributed by atoms with Gasteiger partial charge in [-0.2, -0.15) is 4.57 Å². The Hall–Kier alpha value is -3.38. The molecule has 0 unspecified atom stereocenters. The smallest absolute Gasteiger partial charge is 0.290 e. The quantitative estimate of drug-likeness (QED) is 0.470. The molecule has 7 heteroatoms. The lowest BCUT2D eigenvalue weighted by molar-refractivity contribution is -0.684. The van der Waals surface area contributed by atoms with Crippen LogP contribution in [0.1, 0.15) is 15.9 Å². The van der Waals surface area contributed by atoms with Crippen molar-refractivity contribution in [2.24, 2.45) is 0 Å². The molecule has 0 bridgehead atoms. The van der Waals surface area contributed by atoms with Crippen LogP contribution >= 0.6 is 0 Å². The summed E-state index contributed by atoms with van der Waals surface area (Å²) in [5.74, 6) is 1.05. The Labute approximate surface area is 168 Å². The van der Waals surface area contributed by atoms with Crippen LogP contribution in [0.15, 0.2) is 73.1 Å². The van der Waals surface area contributed by atoms with Gasteiger partial charge in [0.1, 0.15) is 0 Å². The van der Waals surface area contributed by atoms with Crippen molar-refractivity contribution in [3.63, 3.8) is 0 Å². The fourth-order valence-electron chi connectivity index (χ4n) is 2.81. The number of hydrogen-bond donors (Lipinski definition) is 1. The molecule has 0 saturated carbocycles. The third-order valence-electron chi connectivity index (χ3n) is 4.17. The third-order valence-corrected chi connectivity index (χ3v) is 4.17. The van der Waals surface area contributed by atoms with E-state index < -0.39 is 0 Å². The summed E-state index contributed by atoms with van der Waals surface area (Å²) in [6.45, 7) is 0.324. The number of halogens is 1. The van der Waals surface area contributed by atoms with Crippen LogP contribution in [0.25, 0.3) is 0 Å². The summed E-state index contributed by atoms with van der Waals surface area (Å²) in [4.78, 5) is 24.7. The molecule has 1 aliphatic heterocycles. The highest BCUT2D eigenvalue weighted by Gasteiger charge is 2.16. The second-order valence-corrected chi connectivity index (χ2v) is 6.07. The van der Waals surface area contributed by atoms with Gasteiger partial charge in [-0.3, -0.25) is 9.59 Å². The third kappa shape index (κ3) is 4.29. The number of anilines is 1. The van der Waals surface area contributed by atoms with Crippen LogP contribution in [-0.4, -0.2) is 18.5 Å². The zero-order valence-corrected chi connectivity index (χ0v) is 15.6. The fourth-order valence-corrected chi connectivity index (χ4v) is 2.81. The Morgan fingerprint density at radius 2 is 1.57 bits per heavy atom. The minimum Gasteiger partial charge on any atom is -1.00 e. The number of benzene rings is 2. The number of carbonyl (C=O) groups excluding carboxylic acids is 2. The molecule has 0 saturated heterocycles. The first-order valence-corrected chi connectivity index (χ1v) is 8.47. The average molecular weight is 397 g/mol. The first-order chi connectivity index (χ1) is 13.2. The van der Waals surface area contributed by atoms with Gasteiger partial charge in [-0.25, -0.2) is 0 Å². The topological polar surface area (TPSA) is 68.5 Å².